The molecular weight excluding hydrogens is 640 g/mol. The number of aryl methyl sites for hydroxylation is 1. The molecule has 16 nitrogen and oxygen atoms in total. The normalized spacial score (nSPS) is 18.1. The molecule has 4 N–H and O–H groups in total. The van der Waals surface area contributed by atoms with Gasteiger partial charge in [0.1, 0.15) is 18.1 Å². The molecule has 0 saturated carbocycles. The van der Waals surface area contributed by atoms with E-state index < -0.39 is 42.2 Å². The van der Waals surface area contributed by atoms with Gasteiger partial charge in [-0.15, -0.1) is 0 Å². The van der Waals surface area contributed by atoms with E-state index in [9.17, 15) is 33.6 Å². The van der Waals surface area contributed by atoms with Crippen molar-refractivity contribution in [3.63, 3.8) is 0 Å². The van der Waals surface area contributed by atoms with Crippen LogP contribution in [0, 0.1) is 0 Å². The highest BCUT2D eigenvalue weighted by Crippen LogP contribution is 2.34. The summed E-state index contributed by atoms with van der Waals surface area (Å²) in [4.78, 5) is 88.2. The molecule has 6 rings (SSSR count). The third-order valence-electron chi connectivity index (χ3n) is 8.35. The van der Waals surface area contributed by atoms with E-state index in [1.807, 2.05) is 6.07 Å². The van der Waals surface area contributed by atoms with E-state index in [-0.39, 0.29) is 79.6 Å². The zero-order valence-corrected chi connectivity index (χ0v) is 26.1. The van der Waals surface area contributed by atoms with Gasteiger partial charge in [0.05, 0.1) is 30.4 Å². The van der Waals surface area contributed by atoms with E-state index in [1.165, 1.54) is 30.5 Å². The number of fused-ring (bicyclic) bond motifs is 2. The number of nitrogens with one attached hydrogen (secondary N) is 4. The van der Waals surface area contributed by atoms with Gasteiger partial charge < -0.3 is 29.9 Å². The van der Waals surface area contributed by atoms with Gasteiger partial charge in [-0.05, 0) is 54.7 Å². The van der Waals surface area contributed by atoms with Gasteiger partial charge in [-0.2, -0.15) is 0 Å². The highest BCUT2D eigenvalue weighted by molar-refractivity contribution is 6.24. The molecule has 0 spiro atoms. The standard InChI is InChI=1S/C33H32N6O10/c40-26-9-8-24(31(44)37-26)39-32(45)20-2-1-3-25(28(20)33(39)46)48-17-27(41)34-11-14-47-15-12-35-29(42)19-5-4-18-6-7-22(21(18)16-19)36-30(43)23-10-13-49-38-23/h1-5,10,13,16,22,24H,6-9,11-12,14-15,17H2,(H,34,41)(H,35,42)(H,36,43)(H,37,40,44)/t22-,24?/m1/s1. The van der Waals surface area contributed by atoms with E-state index in [2.05, 4.69) is 26.4 Å². The minimum atomic E-state index is -1.12. The van der Waals surface area contributed by atoms with Crippen LogP contribution >= 0.6 is 0 Å². The van der Waals surface area contributed by atoms with E-state index >= 15 is 0 Å². The molecule has 2 atom stereocenters. The quantitative estimate of drug-likeness (QED) is 0.144. The molecule has 49 heavy (non-hydrogen) atoms. The number of carbonyl (C=O) groups excluding carboxylic acids is 7. The number of hydrogen-bond acceptors (Lipinski definition) is 11. The van der Waals surface area contributed by atoms with E-state index in [4.69, 9.17) is 14.0 Å². The van der Waals surface area contributed by atoms with Gasteiger partial charge in [0.2, 0.25) is 11.8 Å². The van der Waals surface area contributed by atoms with Crippen LogP contribution in [0.1, 0.15) is 78.0 Å². The summed E-state index contributed by atoms with van der Waals surface area (Å²) >= 11 is 0. The number of aromatic nitrogens is 1. The van der Waals surface area contributed by atoms with Crippen molar-refractivity contribution in [2.24, 2.45) is 0 Å². The smallest absolute Gasteiger partial charge is 0.273 e. The Balaban J connectivity index is 0.897. The van der Waals surface area contributed by atoms with Crippen molar-refractivity contribution in [3.05, 3.63) is 82.2 Å². The first kappa shape index (κ1) is 33.0. The lowest BCUT2D eigenvalue weighted by molar-refractivity contribution is -0.136. The van der Waals surface area contributed by atoms with Gasteiger partial charge in [0.15, 0.2) is 12.3 Å². The Morgan fingerprint density at radius 3 is 2.53 bits per heavy atom. The average molecular weight is 673 g/mol. The maximum absolute atomic E-state index is 13.1. The van der Waals surface area contributed by atoms with Crippen LogP contribution in [0.5, 0.6) is 5.75 Å². The lowest BCUT2D eigenvalue weighted by Gasteiger charge is -2.27. The summed E-state index contributed by atoms with van der Waals surface area (Å²) in [5.74, 6) is -3.74. The average Bonchev–Trinajstić information content (AvgIpc) is 3.83. The SMILES string of the molecule is O=C(COc1cccc2c1C(=O)N(C1CCC(=O)NC1=O)C2=O)NCCOCCNC(=O)c1ccc2c(c1)[C@H](NC(=O)c1ccon1)CC2. The highest BCUT2D eigenvalue weighted by Gasteiger charge is 2.46. The largest absolute Gasteiger partial charge is 0.483 e. The van der Waals surface area contributed by atoms with Crippen molar-refractivity contribution in [3.8, 4) is 5.75 Å². The molecular formula is C33H32N6O10. The van der Waals surface area contributed by atoms with Crippen molar-refractivity contribution in [2.75, 3.05) is 32.9 Å². The molecule has 1 fully saturated rings. The third-order valence-corrected chi connectivity index (χ3v) is 8.35. The fourth-order valence-electron chi connectivity index (χ4n) is 5.96. The van der Waals surface area contributed by atoms with Gasteiger partial charge in [0.25, 0.3) is 29.5 Å². The highest BCUT2D eigenvalue weighted by atomic mass is 16.5. The number of imide groups is 2. The lowest BCUT2D eigenvalue weighted by atomic mass is 10.0. The number of hydrogen-bond donors (Lipinski definition) is 4. The second-order valence-corrected chi connectivity index (χ2v) is 11.5. The van der Waals surface area contributed by atoms with E-state index in [1.54, 1.807) is 12.1 Å². The molecule has 1 aliphatic carbocycles. The van der Waals surface area contributed by atoms with E-state index in [0.29, 0.717) is 12.0 Å². The summed E-state index contributed by atoms with van der Waals surface area (Å²) in [5, 5.41) is 14.1. The van der Waals surface area contributed by atoms with Gasteiger partial charge in [-0.3, -0.25) is 43.8 Å². The fourth-order valence-corrected chi connectivity index (χ4v) is 5.96. The molecule has 7 amide bonds. The Labute approximate surface area is 278 Å². The van der Waals surface area contributed by atoms with Crippen LogP contribution in [0.15, 0.2) is 53.3 Å². The first-order chi connectivity index (χ1) is 23.7. The monoisotopic (exact) mass is 672 g/mol. The molecule has 3 aliphatic rings. The molecule has 16 heteroatoms. The number of carbonyl (C=O) groups is 7. The van der Waals surface area contributed by atoms with Crippen LogP contribution in [0.2, 0.25) is 0 Å². The second kappa shape index (κ2) is 14.5. The summed E-state index contributed by atoms with van der Waals surface area (Å²) in [5.41, 5.74) is 2.57. The number of ether oxygens (including phenoxy) is 2. The Bertz CT molecular complexity index is 1820. The Morgan fingerprint density at radius 1 is 0.939 bits per heavy atom. The predicted molar refractivity (Wildman–Crippen MR) is 166 cm³/mol. The van der Waals surface area contributed by atoms with E-state index in [0.717, 1.165) is 22.4 Å². The minimum Gasteiger partial charge on any atom is -0.483 e. The number of nitrogens with zero attached hydrogens (tertiary/aromatic N) is 2. The number of amides is 7. The number of benzene rings is 2. The van der Waals surface area contributed by atoms with Crippen molar-refractivity contribution < 1.29 is 47.6 Å². The van der Waals surface area contributed by atoms with Crippen molar-refractivity contribution >= 4 is 41.4 Å². The van der Waals surface area contributed by atoms with Crippen molar-refractivity contribution in [2.45, 2.75) is 37.8 Å². The molecule has 254 valence electrons. The fraction of sp³-hybridized carbons (Fsp3) is 0.333. The molecule has 3 aromatic rings. The first-order valence-electron chi connectivity index (χ1n) is 15.7. The molecule has 0 radical (unpaired) electrons. The Hall–Kier alpha value is -5.90. The summed E-state index contributed by atoms with van der Waals surface area (Å²) in [6.45, 7) is 0.270. The Morgan fingerprint density at radius 2 is 1.76 bits per heavy atom. The van der Waals surface area contributed by atoms with Crippen molar-refractivity contribution in [1.29, 1.82) is 0 Å². The third kappa shape index (κ3) is 7.18. The molecule has 1 aromatic heterocycles. The first-order valence-corrected chi connectivity index (χ1v) is 15.7. The summed E-state index contributed by atoms with van der Waals surface area (Å²) in [6.07, 6.45) is 2.83. The summed E-state index contributed by atoms with van der Waals surface area (Å²) in [6, 6.07) is 9.89. The molecule has 0 bridgehead atoms. The predicted octanol–water partition coefficient (Wildman–Crippen LogP) is 0.435. The van der Waals surface area contributed by atoms with Gasteiger partial charge in [-0.1, -0.05) is 17.3 Å². The van der Waals surface area contributed by atoms with Crippen LogP contribution in [-0.2, 0) is 25.5 Å². The van der Waals surface area contributed by atoms with Gasteiger partial charge in [0, 0.05) is 31.1 Å². The maximum Gasteiger partial charge on any atom is 0.273 e. The Kier molecular flexibility index (Phi) is 9.75. The topological polar surface area (TPSA) is 215 Å². The maximum atomic E-state index is 13.1. The van der Waals surface area contributed by atoms with Gasteiger partial charge in [-0.25, -0.2) is 0 Å². The van der Waals surface area contributed by atoms with Crippen LogP contribution in [0.4, 0.5) is 0 Å². The summed E-state index contributed by atoms with van der Waals surface area (Å²) in [7, 11) is 0. The zero-order valence-electron chi connectivity index (χ0n) is 26.1. The minimum absolute atomic E-state index is 0.00257. The second-order valence-electron chi connectivity index (χ2n) is 11.5. The van der Waals surface area contributed by atoms with Crippen LogP contribution in [-0.4, -0.2) is 90.4 Å². The molecule has 1 unspecified atom stereocenters. The summed E-state index contributed by atoms with van der Waals surface area (Å²) < 4.78 is 15.8. The van der Waals surface area contributed by atoms with Gasteiger partial charge >= 0.3 is 0 Å². The van der Waals surface area contributed by atoms with Crippen molar-refractivity contribution in [1.82, 2.24) is 31.3 Å². The molecule has 3 heterocycles. The van der Waals surface area contributed by atoms with Crippen LogP contribution in [0.25, 0.3) is 0 Å². The molecule has 1 saturated heterocycles. The molecule has 2 aromatic carbocycles. The number of piperidine rings is 1. The molecule has 2 aliphatic heterocycles. The zero-order chi connectivity index (χ0) is 34.5. The van der Waals surface area contributed by atoms with Crippen LogP contribution in [0.3, 0.4) is 0 Å². The number of rotatable bonds is 13. The van der Waals surface area contributed by atoms with Crippen LogP contribution < -0.4 is 26.0 Å². The lowest BCUT2D eigenvalue weighted by Crippen LogP contribution is -2.54.